The first-order valence-corrected chi connectivity index (χ1v) is 9.37. The highest BCUT2D eigenvalue weighted by Crippen LogP contribution is 2.15. The standard InChI is InChI=1S/C16H17BrN2O4S/c1-23-14-6-8-15(9-7-14)24(21,22)19-11-10-18-16(20)12-2-4-13(17)5-3-12/h2-9,19H,10-11H2,1H3,(H,18,20). The van der Waals surface area contributed by atoms with Gasteiger partial charge in [-0.25, -0.2) is 13.1 Å². The molecule has 0 aliphatic rings. The lowest BCUT2D eigenvalue weighted by Gasteiger charge is -2.09. The van der Waals surface area contributed by atoms with Crippen LogP contribution in [0.1, 0.15) is 10.4 Å². The molecule has 2 aromatic carbocycles. The molecule has 0 aliphatic carbocycles. The van der Waals surface area contributed by atoms with Crippen LogP contribution in [0, 0.1) is 0 Å². The first-order chi connectivity index (χ1) is 11.4. The van der Waals surface area contributed by atoms with Crippen molar-refractivity contribution in [1.29, 1.82) is 0 Å². The molecule has 0 saturated heterocycles. The van der Waals surface area contributed by atoms with E-state index in [-0.39, 0.29) is 23.9 Å². The maximum atomic E-state index is 12.1. The molecule has 0 unspecified atom stereocenters. The number of hydrogen-bond donors (Lipinski definition) is 2. The Morgan fingerprint density at radius 3 is 2.25 bits per heavy atom. The molecule has 0 saturated carbocycles. The van der Waals surface area contributed by atoms with Gasteiger partial charge in [-0.2, -0.15) is 0 Å². The second kappa shape index (κ2) is 8.27. The Kier molecular flexibility index (Phi) is 6.36. The van der Waals surface area contributed by atoms with Gasteiger partial charge in [0.15, 0.2) is 0 Å². The molecule has 0 heterocycles. The lowest BCUT2D eigenvalue weighted by molar-refractivity contribution is 0.0954. The van der Waals surface area contributed by atoms with Gasteiger partial charge >= 0.3 is 0 Å². The first kappa shape index (κ1) is 18.4. The van der Waals surface area contributed by atoms with Crippen molar-refractivity contribution >= 4 is 31.9 Å². The molecule has 2 aromatic rings. The van der Waals surface area contributed by atoms with E-state index in [1.165, 1.54) is 19.2 Å². The second-order valence-corrected chi connectivity index (χ2v) is 7.52. The second-order valence-electron chi connectivity index (χ2n) is 4.84. The van der Waals surface area contributed by atoms with Crippen molar-refractivity contribution in [1.82, 2.24) is 10.0 Å². The van der Waals surface area contributed by atoms with Crippen LogP contribution in [-0.2, 0) is 10.0 Å². The molecule has 0 radical (unpaired) electrons. The minimum Gasteiger partial charge on any atom is -0.497 e. The number of hydrogen-bond acceptors (Lipinski definition) is 4. The molecule has 0 aliphatic heterocycles. The number of carbonyl (C=O) groups is 1. The molecule has 0 fully saturated rings. The third kappa shape index (κ3) is 5.05. The van der Waals surface area contributed by atoms with Gasteiger partial charge in [0.2, 0.25) is 10.0 Å². The van der Waals surface area contributed by atoms with Crippen LogP contribution >= 0.6 is 15.9 Å². The van der Waals surface area contributed by atoms with E-state index in [0.717, 1.165) is 4.47 Å². The smallest absolute Gasteiger partial charge is 0.251 e. The Morgan fingerprint density at radius 2 is 1.67 bits per heavy atom. The van der Waals surface area contributed by atoms with Crippen molar-refractivity contribution in [3.63, 3.8) is 0 Å². The van der Waals surface area contributed by atoms with Gasteiger partial charge in [-0.15, -0.1) is 0 Å². The zero-order chi connectivity index (χ0) is 17.6. The van der Waals surface area contributed by atoms with E-state index in [0.29, 0.717) is 11.3 Å². The number of benzene rings is 2. The zero-order valence-corrected chi connectivity index (χ0v) is 15.4. The quantitative estimate of drug-likeness (QED) is 0.682. The van der Waals surface area contributed by atoms with Crippen LogP contribution in [0.2, 0.25) is 0 Å². The summed E-state index contributed by atoms with van der Waals surface area (Å²) >= 11 is 3.30. The molecule has 0 bridgehead atoms. The van der Waals surface area contributed by atoms with Crippen LogP contribution < -0.4 is 14.8 Å². The van der Waals surface area contributed by atoms with Gasteiger partial charge in [0, 0.05) is 23.1 Å². The number of carbonyl (C=O) groups excluding carboxylic acids is 1. The lowest BCUT2D eigenvalue weighted by Crippen LogP contribution is -2.34. The Balaban J connectivity index is 1.84. The molecule has 6 nitrogen and oxygen atoms in total. The van der Waals surface area contributed by atoms with E-state index in [2.05, 4.69) is 26.0 Å². The summed E-state index contributed by atoms with van der Waals surface area (Å²) in [5, 5.41) is 2.66. The molecule has 128 valence electrons. The summed E-state index contributed by atoms with van der Waals surface area (Å²) in [6, 6.07) is 13.0. The molecule has 2 rings (SSSR count). The van der Waals surface area contributed by atoms with Crippen molar-refractivity contribution in [3.05, 3.63) is 58.6 Å². The summed E-state index contributed by atoms with van der Waals surface area (Å²) < 4.78 is 32.5. The average Bonchev–Trinajstić information content (AvgIpc) is 2.59. The predicted molar refractivity (Wildman–Crippen MR) is 94.7 cm³/mol. The summed E-state index contributed by atoms with van der Waals surface area (Å²) in [4.78, 5) is 12.0. The fourth-order valence-corrected chi connectivity index (χ4v) is 3.20. The normalized spacial score (nSPS) is 11.1. The number of sulfonamides is 1. The van der Waals surface area contributed by atoms with Crippen molar-refractivity contribution in [3.8, 4) is 5.75 Å². The van der Waals surface area contributed by atoms with Crippen molar-refractivity contribution in [2.24, 2.45) is 0 Å². The van der Waals surface area contributed by atoms with Crippen LogP contribution in [0.25, 0.3) is 0 Å². The third-order valence-corrected chi connectivity index (χ3v) is 5.18. The van der Waals surface area contributed by atoms with Crippen molar-refractivity contribution < 1.29 is 17.9 Å². The van der Waals surface area contributed by atoms with Crippen molar-refractivity contribution in [2.75, 3.05) is 20.2 Å². The SMILES string of the molecule is COc1ccc(S(=O)(=O)NCCNC(=O)c2ccc(Br)cc2)cc1. The molecular formula is C16H17BrN2O4S. The topological polar surface area (TPSA) is 84.5 Å². The lowest BCUT2D eigenvalue weighted by atomic mass is 10.2. The molecular weight excluding hydrogens is 396 g/mol. The molecule has 1 amide bonds. The van der Waals surface area contributed by atoms with E-state index in [1.807, 2.05) is 0 Å². The summed E-state index contributed by atoms with van der Waals surface area (Å²) in [6.07, 6.45) is 0. The van der Waals surface area contributed by atoms with E-state index < -0.39 is 10.0 Å². The van der Waals surface area contributed by atoms with Gasteiger partial charge in [-0.3, -0.25) is 4.79 Å². The minimum atomic E-state index is -3.62. The first-order valence-electron chi connectivity index (χ1n) is 7.10. The van der Waals surface area contributed by atoms with Gasteiger partial charge in [-0.1, -0.05) is 15.9 Å². The summed E-state index contributed by atoms with van der Waals surface area (Å²) in [6.45, 7) is 0.279. The van der Waals surface area contributed by atoms with Gasteiger partial charge in [0.25, 0.3) is 5.91 Å². The number of rotatable bonds is 7. The van der Waals surface area contributed by atoms with Gasteiger partial charge in [-0.05, 0) is 48.5 Å². The number of nitrogens with one attached hydrogen (secondary N) is 2. The van der Waals surface area contributed by atoms with Gasteiger partial charge < -0.3 is 10.1 Å². The fourth-order valence-electron chi connectivity index (χ4n) is 1.90. The maximum absolute atomic E-state index is 12.1. The Labute approximate surface area is 149 Å². The highest BCUT2D eigenvalue weighted by molar-refractivity contribution is 9.10. The van der Waals surface area contributed by atoms with Crippen LogP contribution in [-0.4, -0.2) is 34.5 Å². The number of ether oxygens (including phenoxy) is 1. The Bertz CT molecular complexity index is 790. The highest BCUT2D eigenvalue weighted by Gasteiger charge is 2.13. The van der Waals surface area contributed by atoms with E-state index in [1.54, 1.807) is 36.4 Å². The fraction of sp³-hybridized carbons (Fsp3) is 0.188. The van der Waals surface area contributed by atoms with Crippen LogP contribution in [0.5, 0.6) is 5.75 Å². The van der Waals surface area contributed by atoms with Gasteiger partial charge in [0.05, 0.1) is 12.0 Å². The predicted octanol–water partition coefficient (Wildman–Crippen LogP) is 2.17. The molecule has 0 aromatic heterocycles. The number of methoxy groups -OCH3 is 1. The van der Waals surface area contributed by atoms with Crippen molar-refractivity contribution in [2.45, 2.75) is 4.90 Å². The Hall–Kier alpha value is -1.90. The number of amides is 1. The summed E-state index contributed by atoms with van der Waals surface area (Å²) in [7, 11) is -2.11. The minimum absolute atomic E-state index is 0.0939. The average molecular weight is 413 g/mol. The summed E-state index contributed by atoms with van der Waals surface area (Å²) in [5.74, 6) is 0.321. The Morgan fingerprint density at radius 1 is 1.04 bits per heavy atom. The highest BCUT2D eigenvalue weighted by atomic mass is 79.9. The summed E-state index contributed by atoms with van der Waals surface area (Å²) in [5.41, 5.74) is 0.510. The number of halogens is 1. The third-order valence-electron chi connectivity index (χ3n) is 3.18. The largest absolute Gasteiger partial charge is 0.497 e. The van der Waals surface area contributed by atoms with E-state index in [9.17, 15) is 13.2 Å². The van der Waals surface area contributed by atoms with Crippen LogP contribution in [0.4, 0.5) is 0 Å². The molecule has 8 heteroatoms. The monoisotopic (exact) mass is 412 g/mol. The van der Waals surface area contributed by atoms with Crippen LogP contribution in [0.3, 0.4) is 0 Å². The van der Waals surface area contributed by atoms with Crippen LogP contribution in [0.15, 0.2) is 57.9 Å². The van der Waals surface area contributed by atoms with E-state index >= 15 is 0 Å². The molecule has 0 spiro atoms. The molecule has 24 heavy (non-hydrogen) atoms. The van der Waals surface area contributed by atoms with E-state index in [4.69, 9.17) is 4.74 Å². The molecule has 2 N–H and O–H groups in total. The van der Waals surface area contributed by atoms with Gasteiger partial charge in [0.1, 0.15) is 5.75 Å². The zero-order valence-electron chi connectivity index (χ0n) is 13.0. The molecule has 0 atom stereocenters. The maximum Gasteiger partial charge on any atom is 0.251 e.